The molecule has 2 aromatic heterocycles. The highest BCUT2D eigenvalue weighted by molar-refractivity contribution is 14.0. The summed E-state index contributed by atoms with van der Waals surface area (Å²) in [5.74, 6) is 1.58. The molecule has 162 valence electrons. The van der Waals surface area contributed by atoms with Gasteiger partial charge in [-0.3, -0.25) is 4.40 Å². The van der Waals surface area contributed by atoms with Gasteiger partial charge in [-0.25, -0.2) is 4.99 Å². The fourth-order valence-electron chi connectivity index (χ4n) is 3.26. The Hall–Kier alpha value is -2.20. The zero-order valence-corrected chi connectivity index (χ0v) is 20.4. The van der Waals surface area contributed by atoms with Crippen molar-refractivity contribution in [1.29, 1.82) is 0 Å². The highest BCUT2D eigenvalue weighted by Crippen LogP contribution is 2.15. The Labute approximate surface area is 195 Å². The topological polar surface area (TPSA) is 78.6 Å². The van der Waals surface area contributed by atoms with Crippen LogP contribution in [0.4, 0.5) is 0 Å². The highest BCUT2D eigenvalue weighted by atomic mass is 127. The first-order valence-corrected chi connectivity index (χ1v) is 10.1. The van der Waals surface area contributed by atoms with Crippen molar-refractivity contribution in [1.82, 2.24) is 30.5 Å². The Morgan fingerprint density at radius 3 is 2.53 bits per heavy atom. The first kappa shape index (κ1) is 24.1. The second-order valence-corrected chi connectivity index (χ2v) is 7.75. The third kappa shape index (κ3) is 6.66. The summed E-state index contributed by atoms with van der Waals surface area (Å²) in [6.07, 6.45) is 1.96. The number of hydrogen-bond donors (Lipinski definition) is 3. The van der Waals surface area contributed by atoms with Crippen LogP contribution in [0, 0.1) is 0 Å². The van der Waals surface area contributed by atoms with E-state index in [2.05, 4.69) is 83.1 Å². The molecule has 1 aromatic carbocycles. The Bertz CT molecular complexity index is 937. The SMILES string of the molecule is CCNC(=NCc1nnc2ccccn12)NCC(C)(C)NC(C)c1ccccc1.I. The van der Waals surface area contributed by atoms with E-state index in [1.165, 1.54) is 5.56 Å². The molecule has 0 saturated carbocycles. The van der Waals surface area contributed by atoms with Crippen LogP contribution in [-0.2, 0) is 6.54 Å². The van der Waals surface area contributed by atoms with Gasteiger partial charge in [0, 0.05) is 30.9 Å². The van der Waals surface area contributed by atoms with Crippen molar-refractivity contribution >= 4 is 35.6 Å². The van der Waals surface area contributed by atoms with E-state index >= 15 is 0 Å². The van der Waals surface area contributed by atoms with Crippen LogP contribution < -0.4 is 16.0 Å². The molecule has 0 fully saturated rings. The van der Waals surface area contributed by atoms with Crippen molar-refractivity contribution in [2.75, 3.05) is 13.1 Å². The molecule has 8 heteroatoms. The molecule has 0 amide bonds. The molecule has 30 heavy (non-hydrogen) atoms. The van der Waals surface area contributed by atoms with Crippen molar-refractivity contribution < 1.29 is 0 Å². The monoisotopic (exact) mass is 521 g/mol. The average Bonchev–Trinajstić information content (AvgIpc) is 3.13. The van der Waals surface area contributed by atoms with E-state index in [9.17, 15) is 0 Å². The third-order valence-electron chi connectivity index (χ3n) is 4.71. The number of aliphatic imine (C=N–C) groups is 1. The Kier molecular flexibility index (Phi) is 9.04. The van der Waals surface area contributed by atoms with Crippen LogP contribution >= 0.6 is 24.0 Å². The van der Waals surface area contributed by atoms with Crippen molar-refractivity contribution in [2.45, 2.75) is 45.8 Å². The van der Waals surface area contributed by atoms with E-state index < -0.39 is 0 Å². The van der Waals surface area contributed by atoms with Gasteiger partial charge in [0.1, 0.15) is 6.54 Å². The quantitative estimate of drug-likeness (QED) is 0.240. The van der Waals surface area contributed by atoms with Crippen LogP contribution in [0.5, 0.6) is 0 Å². The number of benzene rings is 1. The summed E-state index contributed by atoms with van der Waals surface area (Å²) in [6, 6.07) is 16.6. The minimum Gasteiger partial charge on any atom is -0.357 e. The molecule has 0 saturated heterocycles. The molecular weight excluding hydrogens is 489 g/mol. The average molecular weight is 521 g/mol. The van der Waals surface area contributed by atoms with E-state index in [1.807, 2.05) is 34.9 Å². The molecule has 7 nitrogen and oxygen atoms in total. The fraction of sp³-hybridized carbons (Fsp3) is 0.409. The van der Waals surface area contributed by atoms with Gasteiger partial charge in [0.15, 0.2) is 17.4 Å². The third-order valence-corrected chi connectivity index (χ3v) is 4.71. The van der Waals surface area contributed by atoms with Gasteiger partial charge in [-0.1, -0.05) is 36.4 Å². The van der Waals surface area contributed by atoms with Gasteiger partial charge < -0.3 is 16.0 Å². The van der Waals surface area contributed by atoms with Crippen LogP contribution in [0.25, 0.3) is 5.65 Å². The van der Waals surface area contributed by atoms with E-state index in [4.69, 9.17) is 0 Å². The number of fused-ring (bicyclic) bond motifs is 1. The van der Waals surface area contributed by atoms with E-state index in [0.717, 1.165) is 30.5 Å². The van der Waals surface area contributed by atoms with E-state index in [0.29, 0.717) is 6.54 Å². The number of nitrogens with one attached hydrogen (secondary N) is 3. The summed E-state index contributed by atoms with van der Waals surface area (Å²) in [7, 11) is 0. The number of guanidine groups is 1. The predicted molar refractivity (Wildman–Crippen MR) is 133 cm³/mol. The van der Waals surface area contributed by atoms with Gasteiger partial charge in [0.05, 0.1) is 0 Å². The van der Waals surface area contributed by atoms with Gasteiger partial charge in [-0.15, -0.1) is 34.2 Å². The number of rotatable bonds is 8. The van der Waals surface area contributed by atoms with Crippen molar-refractivity contribution in [2.24, 2.45) is 4.99 Å². The van der Waals surface area contributed by atoms with Gasteiger partial charge in [0.2, 0.25) is 0 Å². The second-order valence-electron chi connectivity index (χ2n) is 7.75. The molecule has 2 heterocycles. The van der Waals surface area contributed by atoms with Crippen LogP contribution in [0.15, 0.2) is 59.7 Å². The number of halogens is 1. The Morgan fingerprint density at radius 2 is 1.80 bits per heavy atom. The predicted octanol–water partition coefficient (Wildman–Crippen LogP) is 3.53. The van der Waals surface area contributed by atoms with Crippen molar-refractivity contribution in [3.63, 3.8) is 0 Å². The minimum atomic E-state index is -0.118. The van der Waals surface area contributed by atoms with Crippen molar-refractivity contribution in [3.8, 4) is 0 Å². The standard InChI is InChI=1S/C22H31N7.HI/c1-5-23-21(24-15-20-28-27-19-13-9-10-14-29(19)20)25-16-22(3,4)26-17(2)18-11-7-6-8-12-18;/h6-14,17,26H,5,15-16H2,1-4H3,(H2,23,24,25);1H. The lowest BCUT2D eigenvalue weighted by molar-refractivity contribution is 0.345. The summed E-state index contributed by atoms with van der Waals surface area (Å²) in [4.78, 5) is 4.69. The number of aromatic nitrogens is 3. The van der Waals surface area contributed by atoms with Crippen LogP contribution in [0.3, 0.4) is 0 Å². The lowest BCUT2D eigenvalue weighted by Gasteiger charge is -2.31. The molecule has 0 aliphatic carbocycles. The maximum atomic E-state index is 4.69. The highest BCUT2D eigenvalue weighted by Gasteiger charge is 2.21. The fourth-order valence-corrected chi connectivity index (χ4v) is 3.26. The molecule has 3 rings (SSSR count). The second kappa shape index (κ2) is 11.3. The molecule has 0 spiro atoms. The van der Waals surface area contributed by atoms with Gasteiger partial charge in [0.25, 0.3) is 0 Å². The van der Waals surface area contributed by atoms with Gasteiger partial charge in [-0.2, -0.15) is 0 Å². The summed E-state index contributed by atoms with van der Waals surface area (Å²) < 4.78 is 1.96. The number of nitrogens with zero attached hydrogens (tertiary/aromatic N) is 4. The first-order valence-electron chi connectivity index (χ1n) is 10.1. The molecule has 0 aliphatic rings. The van der Waals surface area contributed by atoms with Crippen LogP contribution in [0.1, 0.15) is 45.1 Å². The Morgan fingerprint density at radius 1 is 1.07 bits per heavy atom. The maximum Gasteiger partial charge on any atom is 0.191 e. The summed E-state index contributed by atoms with van der Waals surface area (Å²) in [5, 5.41) is 18.9. The molecule has 0 aliphatic heterocycles. The molecule has 1 unspecified atom stereocenters. The van der Waals surface area contributed by atoms with E-state index in [-0.39, 0.29) is 35.6 Å². The smallest absolute Gasteiger partial charge is 0.191 e. The Balaban J connectivity index is 0.00000320. The van der Waals surface area contributed by atoms with Gasteiger partial charge in [-0.05, 0) is 45.4 Å². The first-order chi connectivity index (χ1) is 14.0. The largest absolute Gasteiger partial charge is 0.357 e. The molecule has 0 radical (unpaired) electrons. The van der Waals surface area contributed by atoms with E-state index in [1.54, 1.807) is 0 Å². The summed E-state index contributed by atoms with van der Waals surface area (Å²) in [6.45, 7) is 10.6. The zero-order valence-electron chi connectivity index (χ0n) is 18.1. The normalized spacial score (nSPS) is 13.0. The molecule has 1 atom stereocenters. The summed E-state index contributed by atoms with van der Waals surface area (Å²) in [5.41, 5.74) is 1.99. The maximum absolute atomic E-state index is 4.69. The van der Waals surface area contributed by atoms with Crippen molar-refractivity contribution in [3.05, 3.63) is 66.1 Å². The van der Waals surface area contributed by atoms with Gasteiger partial charge >= 0.3 is 0 Å². The molecular formula is C22H32IN7. The zero-order chi connectivity index (χ0) is 20.7. The number of hydrogen-bond acceptors (Lipinski definition) is 4. The molecule has 3 N–H and O–H groups in total. The molecule has 3 aromatic rings. The van der Waals surface area contributed by atoms with Crippen LogP contribution in [-0.4, -0.2) is 39.2 Å². The number of pyridine rings is 1. The summed E-state index contributed by atoms with van der Waals surface area (Å²) >= 11 is 0. The van der Waals surface area contributed by atoms with Crippen LogP contribution in [0.2, 0.25) is 0 Å². The molecule has 0 bridgehead atoms. The lowest BCUT2D eigenvalue weighted by atomic mass is 10.0. The minimum absolute atomic E-state index is 0. The lowest BCUT2D eigenvalue weighted by Crippen LogP contribution is -2.52.